The molecular formula is C14H16FNO6S. The van der Waals surface area contributed by atoms with Crippen molar-refractivity contribution in [2.75, 3.05) is 24.7 Å². The highest BCUT2D eigenvalue weighted by Crippen LogP contribution is 2.15. The predicted molar refractivity (Wildman–Crippen MR) is 78.1 cm³/mol. The van der Waals surface area contributed by atoms with Gasteiger partial charge < -0.3 is 14.8 Å². The van der Waals surface area contributed by atoms with E-state index >= 15 is 0 Å². The van der Waals surface area contributed by atoms with E-state index in [-0.39, 0.29) is 17.3 Å². The van der Waals surface area contributed by atoms with E-state index in [1.807, 2.05) is 0 Å². The van der Waals surface area contributed by atoms with Crippen LogP contribution in [0.5, 0.6) is 5.75 Å². The Balaban J connectivity index is 1.68. The number of hydrogen-bond acceptors (Lipinski definition) is 6. The lowest BCUT2D eigenvalue weighted by molar-refractivity contribution is -0.150. The molecular weight excluding hydrogens is 329 g/mol. The number of halogens is 1. The fourth-order valence-electron chi connectivity index (χ4n) is 2.06. The number of hydrogen-bond donors (Lipinski definition) is 1. The molecule has 1 atom stereocenters. The second-order valence-electron chi connectivity index (χ2n) is 5.05. The van der Waals surface area contributed by atoms with Crippen LogP contribution in [-0.4, -0.2) is 51.1 Å². The number of ether oxygens (including phenoxy) is 2. The summed E-state index contributed by atoms with van der Waals surface area (Å²) in [6, 6.07) is 5.11. The molecule has 0 bridgehead atoms. The standard InChI is InChI=1S/C14H16FNO6S/c15-11-3-1-2-4-12(11)21-8-14(18)22-7-13(17)16-10-5-6-23(19,20)9-10/h1-4,10H,5-9H2,(H,16,17)/t10-/m1/s1. The molecule has 1 saturated heterocycles. The molecule has 9 heteroatoms. The summed E-state index contributed by atoms with van der Waals surface area (Å²) in [5.41, 5.74) is 0. The van der Waals surface area contributed by atoms with E-state index < -0.39 is 46.8 Å². The van der Waals surface area contributed by atoms with Crippen molar-refractivity contribution in [3.8, 4) is 5.75 Å². The van der Waals surface area contributed by atoms with Gasteiger partial charge in [0.2, 0.25) is 0 Å². The normalized spacial score (nSPS) is 19.1. The zero-order chi connectivity index (χ0) is 16.9. The number of sulfone groups is 1. The van der Waals surface area contributed by atoms with Crippen LogP contribution in [0.4, 0.5) is 4.39 Å². The van der Waals surface area contributed by atoms with Crippen LogP contribution in [0, 0.1) is 5.82 Å². The second-order valence-corrected chi connectivity index (χ2v) is 7.28. The van der Waals surface area contributed by atoms with Gasteiger partial charge in [-0.05, 0) is 18.6 Å². The van der Waals surface area contributed by atoms with Gasteiger partial charge in [0, 0.05) is 6.04 Å². The van der Waals surface area contributed by atoms with Gasteiger partial charge >= 0.3 is 5.97 Å². The van der Waals surface area contributed by atoms with E-state index in [0.29, 0.717) is 6.42 Å². The number of esters is 1. The quantitative estimate of drug-likeness (QED) is 0.732. The minimum Gasteiger partial charge on any atom is -0.479 e. The number of nitrogens with one attached hydrogen (secondary N) is 1. The Morgan fingerprint density at radius 2 is 2.00 bits per heavy atom. The molecule has 1 amide bonds. The van der Waals surface area contributed by atoms with E-state index in [2.05, 4.69) is 10.1 Å². The summed E-state index contributed by atoms with van der Waals surface area (Å²) in [4.78, 5) is 23.0. The molecule has 1 heterocycles. The third-order valence-corrected chi connectivity index (χ3v) is 4.91. The fourth-order valence-corrected chi connectivity index (χ4v) is 3.74. The summed E-state index contributed by atoms with van der Waals surface area (Å²) in [6.45, 7) is -1.08. The minimum atomic E-state index is -3.09. The molecule has 1 aliphatic heterocycles. The summed E-state index contributed by atoms with van der Waals surface area (Å²) < 4.78 is 45.4. The first-order valence-corrected chi connectivity index (χ1v) is 8.70. The van der Waals surface area contributed by atoms with Crippen molar-refractivity contribution < 1.29 is 31.9 Å². The maximum atomic E-state index is 13.3. The molecule has 0 aliphatic carbocycles. The third-order valence-electron chi connectivity index (χ3n) is 3.14. The van der Waals surface area contributed by atoms with Gasteiger partial charge in [0.25, 0.3) is 5.91 Å². The van der Waals surface area contributed by atoms with Crippen molar-refractivity contribution in [3.05, 3.63) is 30.1 Å². The Hall–Kier alpha value is -2.16. The number of para-hydroxylation sites is 1. The molecule has 23 heavy (non-hydrogen) atoms. The third kappa shape index (κ3) is 5.51. The summed E-state index contributed by atoms with van der Waals surface area (Å²) in [5.74, 6) is -2.20. The van der Waals surface area contributed by atoms with Gasteiger partial charge in [-0.3, -0.25) is 4.79 Å². The lowest BCUT2D eigenvalue weighted by Crippen LogP contribution is -2.38. The molecule has 0 saturated carbocycles. The van der Waals surface area contributed by atoms with Gasteiger partial charge in [0.05, 0.1) is 11.5 Å². The summed E-state index contributed by atoms with van der Waals surface area (Å²) in [7, 11) is -3.09. The van der Waals surface area contributed by atoms with Crippen molar-refractivity contribution in [1.29, 1.82) is 0 Å². The monoisotopic (exact) mass is 345 g/mol. The Morgan fingerprint density at radius 3 is 2.65 bits per heavy atom. The highest BCUT2D eigenvalue weighted by atomic mass is 32.2. The van der Waals surface area contributed by atoms with E-state index in [1.54, 1.807) is 6.07 Å². The van der Waals surface area contributed by atoms with Crippen molar-refractivity contribution in [2.45, 2.75) is 12.5 Å². The zero-order valence-electron chi connectivity index (χ0n) is 12.2. The van der Waals surface area contributed by atoms with Gasteiger partial charge in [0.1, 0.15) is 0 Å². The molecule has 1 aromatic rings. The largest absolute Gasteiger partial charge is 0.479 e. The maximum Gasteiger partial charge on any atom is 0.344 e. The van der Waals surface area contributed by atoms with Gasteiger partial charge in [0.15, 0.2) is 34.6 Å². The van der Waals surface area contributed by atoms with Gasteiger partial charge in [-0.25, -0.2) is 17.6 Å². The van der Waals surface area contributed by atoms with Crippen LogP contribution in [0.3, 0.4) is 0 Å². The summed E-state index contributed by atoms with van der Waals surface area (Å²) in [5, 5.41) is 2.48. The molecule has 0 spiro atoms. The highest BCUT2D eigenvalue weighted by Gasteiger charge is 2.29. The maximum absolute atomic E-state index is 13.3. The molecule has 1 aliphatic rings. The predicted octanol–water partition coefficient (Wildman–Crippen LogP) is 0.0510. The molecule has 0 radical (unpaired) electrons. The Morgan fingerprint density at radius 1 is 1.26 bits per heavy atom. The van der Waals surface area contributed by atoms with Crippen LogP contribution in [0.25, 0.3) is 0 Å². The minimum absolute atomic E-state index is 0.0359. The van der Waals surface area contributed by atoms with Crippen molar-refractivity contribution in [2.24, 2.45) is 0 Å². The molecule has 7 nitrogen and oxygen atoms in total. The van der Waals surface area contributed by atoms with Gasteiger partial charge in [-0.2, -0.15) is 0 Å². The molecule has 2 rings (SSSR count). The zero-order valence-corrected chi connectivity index (χ0v) is 13.0. The van der Waals surface area contributed by atoms with Crippen molar-refractivity contribution in [3.63, 3.8) is 0 Å². The summed E-state index contributed by atoms with van der Waals surface area (Å²) in [6.07, 6.45) is 0.346. The number of benzene rings is 1. The summed E-state index contributed by atoms with van der Waals surface area (Å²) >= 11 is 0. The van der Waals surface area contributed by atoms with Crippen LogP contribution >= 0.6 is 0 Å². The molecule has 1 aromatic carbocycles. The SMILES string of the molecule is O=C(COC(=O)COc1ccccc1F)N[C@@H]1CCS(=O)(=O)C1. The van der Waals surface area contributed by atoms with E-state index in [9.17, 15) is 22.4 Å². The molecule has 0 unspecified atom stereocenters. The first-order chi connectivity index (χ1) is 10.9. The average molecular weight is 345 g/mol. The first-order valence-electron chi connectivity index (χ1n) is 6.88. The lowest BCUT2D eigenvalue weighted by Gasteiger charge is -2.11. The molecule has 0 aromatic heterocycles. The van der Waals surface area contributed by atoms with Crippen molar-refractivity contribution >= 4 is 21.7 Å². The van der Waals surface area contributed by atoms with Gasteiger partial charge in [-0.1, -0.05) is 12.1 Å². The Labute approximate surface area is 132 Å². The van der Waals surface area contributed by atoms with Crippen LogP contribution in [-0.2, 0) is 24.2 Å². The Bertz CT molecular complexity index is 690. The fraction of sp³-hybridized carbons (Fsp3) is 0.429. The molecule has 126 valence electrons. The van der Waals surface area contributed by atoms with E-state index in [0.717, 1.165) is 0 Å². The number of carbonyl (C=O) groups excluding carboxylic acids is 2. The number of amides is 1. The molecule has 1 fully saturated rings. The van der Waals surface area contributed by atoms with Crippen LogP contribution in [0.2, 0.25) is 0 Å². The van der Waals surface area contributed by atoms with Crippen molar-refractivity contribution in [1.82, 2.24) is 5.32 Å². The average Bonchev–Trinajstić information content (AvgIpc) is 2.83. The first kappa shape index (κ1) is 17.2. The smallest absolute Gasteiger partial charge is 0.344 e. The van der Waals surface area contributed by atoms with Gasteiger partial charge in [-0.15, -0.1) is 0 Å². The van der Waals surface area contributed by atoms with E-state index in [1.165, 1.54) is 18.2 Å². The number of rotatable bonds is 6. The number of carbonyl (C=O) groups is 2. The topological polar surface area (TPSA) is 98.8 Å². The molecule has 1 N–H and O–H groups in total. The lowest BCUT2D eigenvalue weighted by atomic mass is 10.2. The van der Waals surface area contributed by atoms with Crippen LogP contribution < -0.4 is 10.1 Å². The van der Waals surface area contributed by atoms with Crippen LogP contribution in [0.15, 0.2) is 24.3 Å². The van der Waals surface area contributed by atoms with Crippen LogP contribution in [0.1, 0.15) is 6.42 Å². The van der Waals surface area contributed by atoms with E-state index in [4.69, 9.17) is 4.74 Å². The highest BCUT2D eigenvalue weighted by molar-refractivity contribution is 7.91. The Kier molecular flexibility index (Phi) is 5.54. The second kappa shape index (κ2) is 7.40.